The third-order valence-corrected chi connectivity index (χ3v) is 10.8. The highest BCUT2D eigenvalue weighted by atomic mass is 16.3. The number of amides is 5. The van der Waals surface area contributed by atoms with Crippen LogP contribution in [0.5, 0.6) is 5.75 Å². The van der Waals surface area contributed by atoms with Crippen molar-refractivity contribution in [2.45, 2.75) is 38.1 Å². The fourth-order valence-corrected chi connectivity index (χ4v) is 7.93. The van der Waals surface area contributed by atoms with Gasteiger partial charge in [0.2, 0.25) is 11.8 Å². The molecule has 15 heteroatoms. The van der Waals surface area contributed by atoms with Gasteiger partial charge in [0.1, 0.15) is 23.8 Å². The van der Waals surface area contributed by atoms with Crippen LogP contribution >= 0.6 is 0 Å². The Kier molecular flexibility index (Phi) is 12.2. The number of aliphatic hydroxyl groups is 1. The molecular formula is C44H49N9O6. The molecule has 2 fully saturated rings. The lowest BCUT2D eigenvalue weighted by molar-refractivity contribution is -0.189. The largest absolute Gasteiger partial charge is 0.508 e. The molecule has 306 valence electrons. The molecule has 2 aliphatic heterocycles. The lowest BCUT2D eigenvalue weighted by Gasteiger charge is -2.55. The number of pyridine rings is 1. The van der Waals surface area contributed by atoms with Crippen molar-refractivity contribution in [2.24, 2.45) is 7.05 Å². The number of aromatic nitrogens is 2. The number of aliphatic hydroxyl groups excluding tert-OH is 1. The van der Waals surface area contributed by atoms with Crippen LogP contribution in [-0.4, -0.2) is 115 Å². The summed E-state index contributed by atoms with van der Waals surface area (Å²) in [7, 11) is 3.74. The van der Waals surface area contributed by atoms with Crippen LogP contribution in [-0.2, 0) is 36.1 Å². The Hall–Kier alpha value is -6.71. The van der Waals surface area contributed by atoms with Gasteiger partial charge >= 0.3 is 6.03 Å². The maximum Gasteiger partial charge on any atom is 0.334 e. The zero-order chi connectivity index (χ0) is 41.6. The summed E-state index contributed by atoms with van der Waals surface area (Å²) >= 11 is 0. The second-order valence-corrected chi connectivity index (χ2v) is 14.8. The number of benzene rings is 3. The van der Waals surface area contributed by atoms with E-state index in [9.17, 15) is 24.3 Å². The number of phenolic OH excluding ortho intramolecular Hbond substituents is 1. The Labute approximate surface area is 342 Å². The Morgan fingerprint density at radius 1 is 1.00 bits per heavy atom. The average molecular weight is 800 g/mol. The average Bonchev–Trinajstić information content (AvgIpc) is 3.59. The second-order valence-electron chi connectivity index (χ2n) is 14.8. The van der Waals surface area contributed by atoms with E-state index in [0.717, 1.165) is 22.2 Å². The quantitative estimate of drug-likeness (QED) is 0.121. The second kappa shape index (κ2) is 17.8. The number of hydrogen-bond acceptors (Lipinski definition) is 9. The van der Waals surface area contributed by atoms with Crippen molar-refractivity contribution < 1.29 is 29.4 Å². The molecule has 5 amide bonds. The van der Waals surface area contributed by atoms with Crippen molar-refractivity contribution in [3.8, 4) is 5.75 Å². The predicted molar refractivity (Wildman–Crippen MR) is 224 cm³/mol. The van der Waals surface area contributed by atoms with Gasteiger partial charge in [-0.3, -0.25) is 14.4 Å². The van der Waals surface area contributed by atoms with Gasteiger partial charge in [0.05, 0.1) is 36.1 Å². The number of nitrogens with zero attached hydrogens (tertiary/aromatic N) is 7. The van der Waals surface area contributed by atoms with E-state index in [1.54, 1.807) is 58.7 Å². The third kappa shape index (κ3) is 8.76. The van der Waals surface area contributed by atoms with E-state index in [-0.39, 0.29) is 69.2 Å². The van der Waals surface area contributed by atoms with Crippen LogP contribution in [0.25, 0.3) is 10.9 Å². The molecule has 0 bridgehead atoms. The highest BCUT2D eigenvalue weighted by Gasteiger charge is 2.51. The fraction of sp³-hybridized carbons (Fsp3) is 0.295. The monoisotopic (exact) mass is 799 g/mol. The molecule has 0 radical (unpaired) electrons. The van der Waals surface area contributed by atoms with Crippen LogP contribution in [0.3, 0.4) is 0 Å². The Morgan fingerprint density at radius 3 is 2.49 bits per heavy atom. The number of urea groups is 1. The predicted octanol–water partition coefficient (Wildman–Crippen LogP) is 4.09. The molecule has 0 spiro atoms. The normalized spacial score (nSPS) is 16.9. The molecule has 1 unspecified atom stereocenters. The number of carbonyl (C=O) groups is 4. The minimum atomic E-state index is -0.954. The fourth-order valence-electron chi connectivity index (χ4n) is 7.93. The van der Waals surface area contributed by atoms with E-state index in [2.05, 4.69) is 22.2 Å². The number of phenols is 1. The van der Waals surface area contributed by atoms with Crippen LogP contribution in [0.2, 0.25) is 0 Å². The SMILES string of the molecule is C=CCN1CC(=O)N2C(CN(Cc3cccc4c(C(=O)Nc5ccc(N(C)CCCO)nc5)cn(C)c34)C(=O)[C@@H]2Cc2ccc(O)cc2)N1C(=O)NCc1ccccc1. The third-order valence-electron chi connectivity index (χ3n) is 10.8. The number of aryl methyl sites for hydroxylation is 1. The van der Waals surface area contributed by atoms with Crippen molar-refractivity contribution in [1.82, 2.24) is 34.7 Å². The summed E-state index contributed by atoms with van der Waals surface area (Å²) in [5, 5.41) is 29.0. The summed E-state index contributed by atoms with van der Waals surface area (Å²) in [5.74, 6) is -0.107. The van der Waals surface area contributed by atoms with E-state index < -0.39 is 18.2 Å². The van der Waals surface area contributed by atoms with Gasteiger partial charge in [-0.15, -0.1) is 6.58 Å². The molecule has 3 aromatic carbocycles. The molecule has 15 nitrogen and oxygen atoms in total. The van der Waals surface area contributed by atoms with Gasteiger partial charge < -0.3 is 40.1 Å². The van der Waals surface area contributed by atoms with Gasteiger partial charge in [-0.05, 0) is 47.4 Å². The van der Waals surface area contributed by atoms with Gasteiger partial charge in [-0.25, -0.2) is 19.8 Å². The molecule has 2 atom stereocenters. The topological polar surface area (TPSA) is 167 Å². The first kappa shape index (κ1) is 40.5. The highest BCUT2D eigenvalue weighted by Crippen LogP contribution is 2.32. The smallest absolute Gasteiger partial charge is 0.334 e. The first-order valence-electron chi connectivity index (χ1n) is 19.6. The molecule has 59 heavy (non-hydrogen) atoms. The van der Waals surface area contributed by atoms with Crippen molar-refractivity contribution in [3.05, 3.63) is 132 Å². The summed E-state index contributed by atoms with van der Waals surface area (Å²) in [5.41, 5.74) is 4.14. The number of hydrazine groups is 1. The summed E-state index contributed by atoms with van der Waals surface area (Å²) in [6.45, 7) is 5.11. The molecule has 4 N–H and O–H groups in total. The van der Waals surface area contributed by atoms with E-state index in [1.807, 2.05) is 78.2 Å². The summed E-state index contributed by atoms with van der Waals surface area (Å²) < 4.78 is 1.87. The zero-order valence-electron chi connectivity index (χ0n) is 33.2. The van der Waals surface area contributed by atoms with E-state index in [0.29, 0.717) is 35.4 Å². The number of carbonyl (C=O) groups excluding carboxylic acids is 4. The first-order chi connectivity index (χ1) is 28.6. The van der Waals surface area contributed by atoms with E-state index in [4.69, 9.17) is 5.11 Å². The first-order valence-corrected chi connectivity index (χ1v) is 19.6. The molecule has 0 saturated carbocycles. The summed E-state index contributed by atoms with van der Waals surface area (Å²) in [4.78, 5) is 66.3. The van der Waals surface area contributed by atoms with Crippen molar-refractivity contribution in [1.29, 1.82) is 0 Å². The Morgan fingerprint density at radius 2 is 1.78 bits per heavy atom. The van der Waals surface area contributed by atoms with Gasteiger partial charge in [-0.2, -0.15) is 0 Å². The van der Waals surface area contributed by atoms with Crippen molar-refractivity contribution in [2.75, 3.05) is 50.1 Å². The van der Waals surface area contributed by atoms with Crippen LogP contribution in [0.1, 0.15) is 33.5 Å². The van der Waals surface area contributed by atoms with Gasteiger partial charge in [-0.1, -0.05) is 66.7 Å². The Bertz CT molecular complexity index is 2320. The summed E-state index contributed by atoms with van der Waals surface area (Å²) in [6, 6.07) is 23.9. The number of anilines is 2. The number of aromatic hydroxyl groups is 1. The molecule has 2 aromatic heterocycles. The number of hydrogen-bond donors (Lipinski definition) is 4. The maximum absolute atomic E-state index is 14.7. The number of para-hydroxylation sites is 1. The van der Waals surface area contributed by atoms with Crippen LogP contribution in [0, 0.1) is 0 Å². The lowest BCUT2D eigenvalue weighted by atomic mass is 9.98. The highest BCUT2D eigenvalue weighted by molar-refractivity contribution is 6.13. The van der Waals surface area contributed by atoms with Crippen molar-refractivity contribution in [3.63, 3.8) is 0 Å². The van der Waals surface area contributed by atoms with Crippen LogP contribution in [0.4, 0.5) is 16.3 Å². The molecule has 2 aliphatic rings. The molecule has 2 saturated heterocycles. The number of rotatable bonds is 14. The van der Waals surface area contributed by atoms with Gasteiger partial charge in [0.25, 0.3) is 5.91 Å². The number of nitrogens with one attached hydrogen (secondary N) is 2. The van der Waals surface area contributed by atoms with Crippen molar-refractivity contribution >= 4 is 46.2 Å². The van der Waals surface area contributed by atoms with Crippen LogP contribution < -0.4 is 15.5 Å². The molecule has 0 aliphatic carbocycles. The minimum absolute atomic E-state index is 0.0232. The molecule has 5 aromatic rings. The molecular weight excluding hydrogens is 751 g/mol. The number of piperazine rings is 1. The number of fused-ring (bicyclic) bond motifs is 2. The maximum atomic E-state index is 14.7. The lowest BCUT2D eigenvalue weighted by Crippen LogP contribution is -2.76. The Balaban J connectivity index is 1.19. The van der Waals surface area contributed by atoms with E-state index >= 15 is 0 Å². The molecule has 4 heterocycles. The molecule has 7 rings (SSSR count). The van der Waals surface area contributed by atoms with Crippen LogP contribution in [0.15, 0.2) is 110 Å². The van der Waals surface area contributed by atoms with Gasteiger partial charge in [0, 0.05) is 64.9 Å². The standard InChI is InChI=1S/C44H49N9O6/c1-4-20-51-29-40(56)52-37(23-30-14-17-34(55)18-15-30)43(58)50(28-39(52)53(51)44(59)46-24-31-10-6-5-7-11-31)26-32-12-8-13-35-36(27-49(3)41(32)35)42(57)47-33-16-19-38(45-25-33)48(2)21-9-22-54/h4-8,10-19,25,27,37,39,54-55H,1,9,20-24,26,28-29H2,2-3H3,(H,46,59)(H,47,57)/t37-,39?/m0/s1. The zero-order valence-corrected chi connectivity index (χ0v) is 33.2. The van der Waals surface area contributed by atoms with Gasteiger partial charge in [0.15, 0.2) is 0 Å². The summed E-state index contributed by atoms with van der Waals surface area (Å²) in [6.07, 6.45) is 4.91. The minimum Gasteiger partial charge on any atom is -0.508 e. The van der Waals surface area contributed by atoms with E-state index in [1.165, 1.54) is 9.91 Å².